The summed E-state index contributed by atoms with van der Waals surface area (Å²) in [7, 11) is -2.70. The normalized spacial score (nSPS) is 29.7. The zero-order chi connectivity index (χ0) is 10.9. The molecule has 4 heteroatoms. The third-order valence-electron chi connectivity index (χ3n) is 3.93. The number of hydrogen-bond acceptors (Lipinski definition) is 3. The van der Waals surface area contributed by atoms with Crippen molar-refractivity contribution < 1.29 is 8.42 Å². The van der Waals surface area contributed by atoms with Gasteiger partial charge < -0.3 is 5.32 Å². The van der Waals surface area contributed by atoms with E-state index in [9.17, 15) is 8.42 Å². The Morgan fingerprint density at radius 3 is 2.33 bits per heavy atom. The molecule has 15 heavy (non-hydrogen) atoms. The fourth-order valence-corrected chi connectivity index (χ4v) is 3.93. The van der Waals surface area contributed by atoms with Crippen molar-refractivity contribution in [1.82, 2.24) is 5.32 Å². The lowest BCUT2D eigenvalue weighted by molar-refractivity contribution is 0.149. The minimum absolute atomic E-state index is 0.376. The van der Waals surface area contributed by atoms with Gasteiger partial charge >= 0.3 is 0 Å². The molecular formula is C11H21NO2S. The first-order valence-corrected chi connectivity index (χ1v) is 7.75. The molecule has 0 spiro atoms. The van der Waals surface area contributed by atoms with E-state index in [0.29, 0.717) is 23.0 Å². The van der Waals surface area contributed by atoms with Crippen molar-refractivity contribution in [3.05, 3.63) is 0 Å². The lowest BCUT2D eigenvalue weighted by Crippen LogP contribution is -2.44. The highest BCUT2D eigenvalue weighted by Crippen LogP contribution is 2.39. The highest BCUT2D eigenvalue weighted by molar-refractivity contribution is 7.91. The average Bonchev–Trinajstić information content (AvgIpc) is 2.13. The van der Waals surface area contributed by atoms with Crippen LogP contribution in [0.4, 0.5) is 0 Å². The van der Waals surface area contributed by atoms with Crippen LogP contribution in [0.25, 0.3) is 0 Å². The SMILES string of the molecule is CC1(CNC2CCS(=O)(=O)CC2)CCC1. The minimum atomic E-state index is -2.70. The van der Waals surface area contributed by atoms with Gasteiger partial charge in [-0.25, -0.2) is 8.42 Å². The van der Waals surface area contributed by atoms with E-state index in [1.165, 1.54) is 19.3 Å². The van der Waals surface area contributed by atoms with E-state index < -0.39 is 9.84 Å². The predicted molar refractivity (Wildman–Crippen MR) is 61.6 cm³/mol. The van der Waals surface area contributed by atoms with Gasteiger partial charge in [0.2, 0.25) is 0 Å². The molecule has 1 saturated heterocycles. The smallest absolute Gasteiger partial charge is 0.150 e. The van der Waals surface area contributed by atoms with Gasteiger partial charge in [-0.05, 0) is 31.1 Å². The molecule has 1 aliphatic carbocycles. The van der Waals surface area contributed by atoms with Gasteiger partial charge in [-0.15, -0.1) is 0 Å². The number of sulfone groups is 1. The number of hydrogen-bond donors (Lipinski definition) is 1. The zero-order valence-electron chi connectivity index (χ0n) is 9.46. The summed E-state index contributed by atoms with van der Waals surface area (Å²) in [5.41, 5.74) is 0.496. The van der Waals surface area contributed by atoms with Crippen LogP contribution in [-0.2, 0) is 9.84 Å². The molecule has 2 rings (SSSR count). The quantitative estimate of drug-likeness (QED) is 0.797. The highest BCUT2D eigenvalue weighted by Gasteiger charge is 2.32. The third kappa shape index (κ3) is 2.94. The van der Waals surface area contributed by atoms with Crippen molar-refractivity contribution in [3.63, 3.8) is 0 Å². The topological polar surface area (TPSA) is 46.2 Å². The van der Waals surface area contributed by atoms with Gasteiger partial charge in [-0.3, -0.25) is 0 Å². The van der Waals surface area contributed by atoms with Gasteiger partial charge in [0, 0.05) is 12.6 Å². The van der Waals surface area contributed by atoms with E-state index in [2.05, 4.69) is 12.2 Å². The Morgan fingerprint density at radius 2 is 1.87 bits per heavy atom. The van der Waals surface area contributed by atoms with Gasteiger partial charge in [-0.1, -0.05) is 13.3 Å². The van der Waals surface area contributed by atoms with Crippen LogP contribution in [-0.4, -0.2) is 32.5 Å². The monoisotopic (exact) mass is 231 g/mol. The van der Waals surface area contributed by atoms with Gasteiger partial charge in [-0.2, -0.15) is 0 Å². The van der Waals surface area contributed by atoms with Gasteiger partial charge in [0.05, 0.1) is 11.5 Å². The highest BCUT2D eigenvalue weighted by atomic mass is 32.2. The first kappa shape index (κ1) is 11.4. The molecule has 2 fully saturated rings. The van der Waals surface area contributed by atoms with Crippen molar-refractivity contribution in [1.29, 1.82) is 0 Å². The Bertz CT molecular complexity index is 305. The molecule has 88 valence electrons. The van der Waals surface area contributed by atoms with E-state index in [1.54, 1.807) is 0 Å². The molecule has 0 radical (unpaired) electrons. The molecule has 0 aromatic heterocycles. The summed E-state index contributed by atoms with van der Waals surface area (Å²) in [5.74, 6) is 0.753. The maximum atomic E-state index is 11.2. The molecular weight excluding hydrogens is 210 g/mol. The second-order valence-electron chi connectivity index (χ2n) is 5.47. The Morgan fingerprint density at radius 1 is 1.27 bits per heavy atom. The molecule has 3 nitrogen and oxygen atoms in total. The van der Waals surface area contributed by atoms with Crippen LogP contribution in [0.5, 0.6) is 0 Å². The van der Waals surface area contributed by atoms with E-state index in [1.807, 2.05) is 0 Å². The molecule has 1 aliphatic heterocycles. The second kappa shape index (κ2) is 4.06. The van der Waals surface area contributed by atoms with Crippen LogP contribution in [0.3, 0.4) is 0 Å². The Hall–Kier alpha value is -0.0900. The third-order valence-corrected chi connectivity index (χ3v) is 5.65. The van der Waals surface area contributed by atoms with Crippen LogP contribution in [0.2, 0.25) is 0 Å². The first-order valence-electron chi connectivity index (χ1n) is 5.93. The molecule has 1 heterocycles. The van der Waals surface area contributed by atoms with E-state index in [4.69, 9.17) is 0 Å². The number of nitrogens with one attached hydrogen (secondary N) is 1. The van der Waals surface area contributed by atoms with Crippen molar-refractivity contribution in [2.24, 2.45) is 5.41 Å². The summed E-state index contributed by atoms with van der Waals surface area (Å²) in [6.07, 6.45) is 5.62. The van der Waals surface area contributed by atoms with Crippen LogP contribution in [0.1, 0.15) is 39.0 Å². The van der Waals surface area contributed by atoms with Crippen molar-refractivity contribution in [2.45, 2.75) is 45.1 Å². The van der Waals surface area contributed by atoms with Crippen LogP contribution in [0, 0.1) is 5.41 Å². The average molecular weight is 231 g/mol. The largest absolute Gasteiger partial charge is 0.313 e. The van der Waals surface area contributed by atoms with Crippen molar-refractivity contribution in [2.75, 3.05) is 18.1 Å². The van der Waals surface area contributed by atoms with E-state index in [-0.39, 0.29) is 0 Å². The lowest BCUT2D eigenvalue weighted by Gasteiger charge is -2.40. The molecule has 0 aromatic rings. The summed E-state index contributed by atoms with van der Waals surface area (Å²) in [5, 5.41) is 3.54. The van der Waals surface area contributed by atoms with Gasteiger partial charge in [0.15, 0.2) is 0 Å². The first-order chi connectivity index (χ1) is 6.99. The summed E-state index contributed by atoms with van der Waals surface area (Å²) in [4.78, 5) is 0. The molecule has 1 saturated carbocycles. The van der Waals surface area contributed by atoms with Crippen LogP contribution >= 0.6 is 0 Å². The molecule has 0 unspecified atom stereocenters. The van der Waals surface area contributed by atoms with E-state index in [0.717, 1.165) is 19.4 Å². The molecule has 1 N–H and O–H groups in total. The summed E-state index contributed by atoms with van der Waals surface area (Å²) < 4.78 is 22.5. The molecule has 2 aliphatic rings. The molecule has 0 aromatic carbocycles. The summed E-state index contributed by atoms with van der Waals surface area (Å²) in [6.45, 7) is 3.39. The fraction of sp³-hybridized carbons (Fsp3) is 1.00. The Balaban J connectivity index is 1.73. The second-order valence-corrected chi connectivity index (χ2v) is 7.77. The fourth-order valence-electron chi connectivity index (χ4n) is 2.44. The maximum Gasteiger partial charge on any atom is 0.150 e. The van der Waals surface area contributed by atoms with Crippen molar-refractivity contribution in [3.8, 4) is 0 Å². The summed E-state index contributed by atoms with van der Waals surface area (Å²) in [6, 6.07) is 0.436. The summed E-state index contributed by atoms with van der Waals surface area (Å²) >= 11 is 0. The van der Waals surface area contributed by atoms with E-state index >= 15 is 0 Å². The van der Waals surface area contributed by atoms with Crippen LogP contribution in [0.15, 0.2) is 0 Å². The van der Waals surface area contributed by atoms with Crippen molar-refractivity contribution >= 4 is 9.84 Å². The predicted octanol–water partition coefficient (Wildman–Crippen LogP) is 1.34. The standard InChI is InChI=1S/C11H21NO2S/c1-11(5-2-6-11)9-12-10-3-7-15(13,14)8-4-10/h10,12H,2-9H2,1H3. The Labute approximate surface area is 92.6 Å². The Kier molecular flexibility index (Phi) is 3.08. The number of rotatable bonds is 3. The van der Waals surface area contributed by atoms with Crippen LogP contribution < -0.4 is 5.32 Å². The molecule has 0 atom stereocenters. The minimum Gasteiger partial charge on any atom is -0.313 e. The van der Waals surface area contributed by atoms with Gasteiger partial charge in [0.25, 0.3) is 0 Å². The maximum absolute atomic E-state index is 11.2. The lowest BCUT2D eigenvalue weighted by atomic mass is 9.70. The molecule has 0 amide bonds. The molecule has 0 bridgehead atoms. The zero-order valence-corrected chi connectivity index (χ0v) is 10.3. The van der Waals surface area contributed by atoms with Gasteiger partial charge in [0.1, 0.15) is 9.84 Å².